The van der Waals surface area contributed by atoms with E-state index in [-0.39, 0.29) is 12.2 Å². The number of cyclic esters (lactones) is 1. The van der Waals surface area contributed by atoms with Crippen LogP contribution >= 0.6 is 0 Å². The molecule has 4 nitrogen and oxygen atoms in total. The largest absolute Gasteiger partial charge is 0.443 e. The summed E-state index contributed by atoms with van der Waals surface area (Å²) in [5.41, 5.74) is 5.41. The minimum Gasteiger partial charge on any atom is -0.443 e. The molecule has 4 heteroatoms. The summed E-state index contributed by atoms with van der Waals surface area (Å²) >= 11 is 0. The maximum Gasteiger partial charge on any atom is 0.410 e. The lowest BCUT2D eigenvalue weighted by atomic mass is 9.92. The molecule has 2 N–H and O–H groups in total. The molecule has 1 aliphatic carbocycles. The second kappa shape index (κ2) is 2.94. The van der Waals surface area contributed by atoms with Crippen LogP contribution in [0.2, 0.25) is 0 Å². The molecule has 0 aromatic heterocycles. The van der Waals surface area contributed by atoms with Crippen molar-refractivity contribution in [3.63, 3.8) is 0 Å². The Morgan fingerprint density at radius 3 is 2.75 bits per heavy atom. The van der Waals surface area contributed by atoms with Crippen molar-refractivity contribution in [2.45, 2.75) is 31.4 Å². The number of ether oxygens (including phenoxy) is 1. The molecule has 0 radical (unpaired) electrons. The van der Waals surface area contributed by atoms with Crippen LogP contribution < -0.4 is 5.73 Å². The van der Waals surface area contributed by atoms with E-state index in [4.69, 9.17) is 10.5 Å². The van der Waals surface area contributed by atoms with Gasteiger partial charge in [0.2, 0.25) is 0 Å². The Hall–Kier alpha value is -0.770. The standard InChI is InChI=1S/C8H14N2O2/c9-4-7-5-10(8(11)12-7)6-2-1-3-6/h6-7H,1-5,9H2. The fourth-order valence-electron chi connectivity index (χ4n) is 1.66. The van der Waals surface area contributed by atoms with Crippen LogP contribution in [0.15, 0.2) is 0 Å². The van der Waals surface area contributed by atoms with Crippen molar-refractivity contribution in [2.24, 2.45) is 5.73 Å². The van der Waals surface area contributed by atoms with Gasteiger partial charge in [0, 0.05) is 12.6 Å². The molecule has 1 saturated heterocycles. The number of amides is 1. The van der Waals surface area contributed by atoms with Gasteiger partial charge >= 0.3 is 6.09 Å². The van der Waals surface area contributed by atoms with E-state index >= 15 is 0 Å². The lowest BCUT2D eigenvalue weighted by Gasteiger charge is -2.32. The van der Waals surface area contributed by atoms with E-state index in [1.54, 1.807) is 0 Å². The first-order valence-corrected chi connectivity index (χ1v) is 4.48. The van der Waals surface area contributed by atoms with E-state index in [0.29, 0.717) is 19.1 Å². The molecule has 0 aromatic carbocycles. The van der Waals surface area contributed by atoms with Crippen molar-refractivity contribution < 1.29 is 9.53 Å². The number of hydrogen-bond acceptors (Lipinski definition) is 3. The lowest BCUT2D eigenvalue weighted by Crippen LogP contribution is -2.41. The van der Waals surface area contributed by atoms with Crippen molar-refractivity contribution in [2.75, 3.05) is 13.1 Å². The fourth-order valence-corrected chi connectivity index (χ4v) is 1.66. The molecule has 2 fully saturated rings. The van der Waals surface area contributed by atoms with E-state index in [0.717, 1.165) is 12.8 Å². The summed E-state index contributed by atoms with van der Waals surface area (Å²) in [6.45, 7) is 1.13. The van der Waals surface area contributed by atoms with Gasteiger partial charge in [-0.05, 0) is 19.3 Å². The molecule has 2 rings (SSSR count). The molecule has 12 heavy (non-hydrogen) atoms. The van der Waals surface area contributed by atoms with Gasteiger partial charge in [-0.2, -0.15) is 0 Å². The normalized spacial score (nSPS) is 30.2. The molecule has 68 valence electrons. The average molecular weight is 170 g/mol. The summed E-state index contributed by atoms with van der Waals surface area (Å²) in [6.07, 6.45) is 3.26. The summed E-state index contributed by atoms with van der Waals surface area (Å²) in [5, 5.41) is 0. The zero-order valence-corrected chi connectivity index (χ0v) is 7.03. The Morgan fingerprint density at radius 2 is 2.33 bits per heavy atom. The molecule has 1 aliphatic heterocycles. The summed E-state index contributed by atoms with van der Waals surface area (Å²) in [4.78, 5) is 13.0. The van der Waals surface area contributed by atoms with E-state index in [1.807, 2.05) is 4.90 Å². The van der Waals surface area contributed by atoms with Crippen molar-refractivity contribution in [1.82, 2.24) is 4.90 Å². The third-order valence-corrected chi connectivity index (χ3v) is 2.68. The Balaban J connectivity index is 1.93. The van der Waals surface area contributed by atoms with Crippen LogP contribution in [0.1, 0.15) is 19.3 Å². The summed E-state index contributed by atoms with van der Waals surface area (Å²) in [6, 6.07) is 0.439. The van der Waals surface area contributed by atoms with Crippen molar-refractivity contribution in [3.05, 3.63) is 0 Å². The summed E-state index contributed by atoms with van der Waals surface area (Å²) < 4.78 is 5.04. The van der Waals surface area contributed by atoms with Crippen molar-refractivity contribution in [1.29, 1.82) is 0 Å². The Labute approximate surface area is 71.7 Å². The number of carbonyl (C=O) groups excluding carboxylic acids is 1. The van der Waals surface area contributed by atoms with Gasteiger partial charge in [-0.3, -0.25) is 0 Å². The first kappa shape index (κ1) is 7.86. The number of nitrogens with zero attached hydrogens (tertiary/aromatic N) is 1. The zero-order chi connectivity index (χ0) is 8.55. The Morgan fingerprint density at radius 1 is 1.58 bits per heavy atom. The van der Waals surface area contributed by atoms with Gasteiger partial charge < -0.3 is 15.4 Å². The highest BCUT2D eigenvalue weighted by Crippen LogP contribution is 2.28. The zero-order valence-electron chi connectivity index (χ0n) is 7.03. The van der Waals surface area contributed by atoms with Crippen LogP contribution in [0, 0.1) is 0 Å². The minimum atomic E-state index is -0.171. The maximum atomic E-state index is 11.2. The van der Waals surface area contributed by atoms with Crippen LogP contribution in [0.4, 0.5) is 4.79 Å². The van der Waals surface area contributed by atoms with Crippen molar-refractivity contribution in [3.8, 4) is 0 Å². The van der Waals surface area contributed by atoms with Gasteiger partial charge in [0.1, 0.15) is 6.10 Å². The average Bonchev–Trinajstić information content (AvgIpc) is 2.29. The Kier molecular flexibility index (Phi) is 1.92. The molecule has 2 aliphatic rings. The molecular formula is C8H14N2O2. The molecule has 0 bridgehead atoms. The quantitative estimate of drug-likeness (QED) is 0.649. The van der Waals surface area contributed by atoms with Crippen LogP contribution in [-0.2, 0) is 4.74 Å². The number of rotatable bonds is 2. The number of hydrogen-bond donors (Lipinski definition) is 1. The van der Waals surface area contributed by atoms with E-state index in [1.165, 1.54) is 6.42 Å². The number of nitrogens with two attached hydrogens (primary N) is 1. The van der Waals surface area contributed by atoms with E-state index in [2.05, 4.69) is 0 Å². The van der Waals surface area contributed by atoms with Gasteiger partial charge in [0.15, 0.2) is 0 Å². The SMILES string of the molecule is NCC1CN(C2CCC2)C(=O)O1. The predicted octanol–water partition coefficient (Wildman–Crippen LogP) is 0.318. The third kappa shape index (κ3) is 1.16. The highest BCUT2D eigenvalue weighted by Gasteiger charge is 2.37. The first-order chi connectivity index (χ1) is 5.81. The van der Waals surface area contributed by atoms with Gasteiger partial charge in [-0.15, -0.1) is 0 Å². The molecule has 1 unspecified atom stereocenters. The molecule has 1 atom stereocenters. The third-order valence-electron chi connectivity index (χ3n) is 2.68. The molecule has 1 saturated carbocycles. The summed E-state index contributed by atoms with van der Waals surface area (Å²) in [7, 11) is 0. The van der Waals surface area contributed by atoms with Gasteiger partial charge in [0.25, 0.3) is 0 Å². The first-order valence-electron chi connectivity index (χ1n) is 4.48. The van der Waals surface area contributed by atoms with Crippen LogP contribution in [0.3, 0.4) is 0 Å². The molecule has 1 heterocycles. The molecule has 0 aromatic rings. The Bertz CT molecular complexity index is 191. The van der Waals surface area contributed by atoms with Gasteiger partial charge in [0.05, 0.1) is 6.54 Å². The van der Waals surface area contributed by atoms with Gasteiger partial charge in [-0.1, -0.05) is 0 Å². The second-order valence-corrected chi connectivity index (χ2v) is 3.48. The molecule has 0 spiro atoms. The van der Waals surface area contributed by atoms with Gasteiger partial charge in [-0.25, -0.2) is 4.79 Å². The monoisotopic (exact) mass is 170 g/mol. The van der Waals surface area contributed by atoms with E-state index < -0.39 is 0 Å². The predicted molar refractivity (Wildman–Crippen MR) is 43.7 cm³/mol. The topological polar surface area (TPSA) is 55.6 Å². The minimum absolute atomic E-state index is 0.0712. The fraction of sp³-hybridized carbons (Fsp3) is 0.875. The highest BCUT2D eigenvalue weighted by atomic mass is 16.6. The van der Waals surface area contributed by atoms with Crippen LogP contribution in [0.5, 0.6) is 0 Å². The van der Waals surface area contributed by atoms with Crippen LogP contribution in [0.25, 0.3) is 0 Å². The summed E-state index contributed by atoms with van der Waals surface area (Å²) in [5.74, 6) is 0. The number of carbonyl (C=O) groups is 1. The lowest BCUT2D eigenvalue weighted by molar-refractivity contribution is 0.119. The van der Waals surface area contributed by atoms with E-state index in [9.17, 15) is 4.79 Å². The smallest absolute Gasteiger partial charge is 0.410 e. The molecular weight excluding hydrogens is 156 g/mol. The van der Waals surface area contributed by atoms with Crippen molar-refractivity contribution >= 4 is 6.09 Å². The molecule has 1 amide bonds. The highest BCUT2D eigenvalue weighted by molar-refractivity contribution is 5.70. The second-order valence-electron chi connectivity index (χ2n) is 3.48. The van der Waals surface area contributed by atoms with Crippen LogP contribution in [-0.4, -0.2) is 36.2 Å². The maximum absolute atomic E-state index is 11.2.